The molecule has 1 heterocycles. The Bertz CT molecular complexity index is 384. The van der Waals surface area contributed by atoms with E-state index in [4.69, 9.17) is 0 Å². The monoisotopic (exact) mass is 292 g/mol. The maximum absolute atomic E-state index is 3.73. The summed E-state index contributed by atoms with van der Waals surface area (Å²) < 4.78 is 0. The number of nitrogens with one attached hydrogen (secondary N) is 1. The third-order valence-corrected chi connectivity index (χ3v) is 4.87. The predicted molar refractivity (Wildman–Crippen MR) is 89.5 cm³/mol. The summed E-state index contributed by atoms with van der Waals surface area (Å²) in [6.45, 7) is 8.31. The average molecular weight is 292 g/mol. The lowest BCUT2D eigenvalue weighted by molar-refractivity contribution is 0.205. The molecule has 0 saturated carbocycles. The van der Waals surface area contributed by atoms with E-state index in [9.17, 15) is 0 Å². The zero-order valence-electron chi connectivity index (χ0n) is 13.1. The highest BCUT2D eigenvalue weighted by atomic mass is 32.2. The van der Waals surface area contributed by atoms with Crippen molar-refractivity contribution in [2.75, 3.05) is 25.9 Å². The van der Waals surface area contributed by atoms with Gasteiger partial charge in [-0.2, -0.15) is 0 Å². The number of benzene rings is 1. The van der Waals surface area contributed by atoms with Crippen LogP contribution in [0.25, 0.3) is 0 Å². The van der Waals surface area contributed by atoms with E-state index >= 15 is 0 Å². The first-order valence-corrected chi connectivity index (χ1v) is 9.04. The van der Waals surface area contributed by atoms with Crippen LogP contribution in [0.1, 0.15) is 44.7 Å². The van der Waals surface area contributed by atoms with Crippen molar-refractivity contribution in [2.45, 2.75) is 50.1 Å². The van der Waals surface area contributed by atoms with Crippen molar-refractivity contribution in [3.05, 3.63) is 29.8 Å². The van der Waals surface area contributed by atoms with Gasteiger partial charge >= 0.3 is 0 Å². The zero-order valence-corrected chi connectivity index (χ0v) is 13.9. The van der Waals surface area contributed by atoms with Crippen LogP contribution in [0, 0.1) is 0 Å². The van der Waals surface area contributed by atoms with E-state index in [1.165, 1.54) is 49.4 Å². The Kier molecular flexibility index (Phi) is 6.40. The molecule has 2 unspecified atom stereocenters. The number of rotatable bonds is 6. The lowest BCUT2D eigenvalue weighted by Crippen LogP contribution is -2.42. The van der Waals surface area contributed by atoms with Gasteiger partial charge in [-0.15, -0.1) is 11.8 Å². The third-order valence-electron chi connectivity index (χ3n) is 4.13. The molecule has 1 N–H and O–H groups in total. The summed E-state index contributed by atoms with van der Waals surface area (Å²) in [5.74, 6) is 0. The normalized spacial score (nSPS) is 19.8. The van der Waals surface area contributed by atoms with Crippen LogP contribution in [-0.4, -0.2) is 36.8 Å². The van der Waals surface area contributed by atoms with Crippen molar-refractivity contribution in [1.82, 2.24) is 10.2 Å². The van der Waals surface area contributed by atoms with Gasteiger partial charge in [0.05, 0.1) is 0 Å². The van der Waals surface area contributed by atoms with Crippen LogP contribution in [0.5, 0.6) is 0 Å². The number of thioether (sulfide) groups is 1. The van der Waals surface area contributed by atoms with Crippen LogP contribution >= 0.6 is 11.8 Å². The molecular weight excluding hydrogens is 264 g/mol. The summed E-state index contributed by atoms with van der Waals surface area (Å²) in [5.41, 5.74) is 1.38. The van der Waals surface area contributed by atoms with Gasteiger partial charge in [-0.1, -0.05) is 18.6 Å². The van der Waals surface area contributed by atoms with Crippen molar-refractivity contribution >= 4 is 11.8 Å². The van der Waals surface area contributed by atoms with E-state index in [1.54, 1.807) is 11.8 Å². The van der Waals surface area contributed by atoms with Crippen molar-refractivity contribution in [2.24, 2.45) is 0 Å². The molecule has 1 fully saturated rings. The Morgan fingerprint density at radius 3 is 2.35 bits per heavy atom. The van der Waals surface area contributed by atoms with Gasteiger partial charge in [0, 0.05) is 23.5 Å². The number of hydrogen-bond acceptors (Lipinski definition) is 3. The van der Waals surface area contributed by atoms with Gasteiger partial charge < -0.3 is 10.2 Å². The summed E-state index contributed by atoms with van der Waals surface area (Å²) >= 11 is 1.80. The Hall–Kier alpha value is -0.510. The van der Waals surface area contributed by atoms with Gasteiger partial charge in [-0.3, -0.25) is 0 Å². The lowest BCUT2D eigenvalue weighted by atomic mass is 10.1. The van der Waals surface area contributed by atoms with Gasteiger partial charge in [0.15, 0.2) is 0 Å². The Morgan fingerprint density at radius 2 is 1.75 bits per heavy atom. The first-order valence-electron chi connectivity index (χ1n) is 7.81. The molecule has 2 atom stereocenters. The van der Waals surface area contributed by atoms with Crippen LogP contribution in [-0.2, 0) is 0 Å². The maximum atomic E-state index is 3.73. The van der Waals surface area contributed by atoms with E-state index in [2.05, 4.69) is 54.6 Å². The van der Waals surface area contributed by atoms with Crippen molar-refractivity contribution in [3.8, 4) is 0 Å². The molecule has 0 amide bonds. The molecule has 112 valence electrons. The highest BCUT2D eigenvalue weighted by Gasteiger charge is 2.15. The maximum Gasteiger partial charge on any atom is 0.0294 e. The SMILES string of the molecule is CSc1ccc(C(C)NC(C)CN2CCCCC2)cc1. The van der Waals surface area contributed by atoms with Crippen molar-refractivity contribution in [3.63, 3.8) is 0 Å². The summed E-state index contributed by atoms with van der Waals surface area (Å²) in [5, 5.41) is 3.73. The minimum absolute atomic E-state index is 0.422. The van der Waals surface area contributed by atoms with Gasteiger partial charge in [-0.25, -0.2) is 0 Å². The lowest BCUT2D eigenvalue weighted by Gasteiger charge is -2.30. The minimum atomic E-state index is 0.422. The number of piperidine rings is 1. The standard InChI is InChI=1S/C17H28N2S/c1-14(13-19-11-5-4-6-12-19)18-15(2)16-7-9-17(20-3)10-8-16/h7-10,14-15,18H,4-6,11-13H2,1-3H3. The van der Waals surface area contributed by atoms with Gasteiger partial charge in [0.2, 0.25) is 0 Å². The fourth-order valence-corrected chi connectivity index (χ4v) is 3.41. The van der Waals surface area contributed by atoms with Crippen LogP contribution in [0.2, 0.25) is 0 Å². The Morgan fingerprint density at radius 1 is 1.10 bits per heavy atom. The molecule has 1 aliphatic rings. The molecule has 1 saturated heterocycles. The van der Waals surface area contributed by atoms with E-state index < -0.39 is 0 Å². The Balaban J connectivity index is 1.81. The second-order valence-corrected chi connectivity index (χ2v) is 6.80. The molecule has 1 aromatic carbocycles. The third kappa shape index (κ3) is 4.80. The van der Waals surface area contributed by atoms with Crippen LogP contribution in [0.3, 0.4) is 0 Å². The fraction of sp³-hybridized carbons (Fsp3) is 0.647. The quantitative estimate of drug-likeness (QED) is 0.800. The second kappa shape index (κ2) is 8.06. The summed E-state index contributed by atoms with van der Waals surface area (Å²) in [7, 11) is 0. The second-order valence-electron chi connectivity index (χ2n) is 5.92. The first-order chi connectivity index (χ1) is 9.69. The molecule has 0 radical (unpaired) electrons. The Labute approximate surface area is 128 Å². The van der Waals surface area contributed by atoms with Crippen LogP contribution < -0.4 is 5.32 Å². The molecular formula is C17H28N2S. The molecule has 2 nitrogen and oxygen atoms in total. The van der Waals surface area contributed by atoms with E-state index in [1.807, 2.05) is 0 Å². The highest BCUT2D eigenvalue weighted by Crippen LogP contribution is 2.19. The molecule has 20 heavy (non-hydrogen) atoms. The van der Waals surface area contributed by atoms with Gasteiger partial charge in [0.1, 0.15) is 0 Å². The molecule has 0 aliphatic carbocycles. The summed E-state index contributed by atoms with van der Waals surface area (Å²) in [4.78, 5) is 3.94. The average Bonchev–Trinajstić information content (AvgIpc) is 2.48. The highest BCUT2D eigenvalue weighted by molar-refractivity contribution is 7.98. The van der Waals surface area contributed by atoms with Gasteiger partial charge in [0.25, 0.3) is 0 Å². The molecule has 1 aromatic rings. The molecule has 0 bridgehead atoms. The minimum Gasteiger partial charge on any atom is -0.306 e. The van der Waals surface area contributed by atoms with Gasteiger partial charge in [-0.05, 0) is 63.7 Å². The topological polar surface area (TPSA) is 15.3 Å². The number of hydrogen-bond donors (Lipinski definition) is 1. The number of nitrogens with zero attached hydrogens (tertiary/aromatic N) is 1. The first kappa shape index (κ1) is 15.9. The van der Waals surface area contributed by atoms with E-state index in [0.717, 1.165) is 0 Å². The van der Waals surface area contributed by atoms with Crippen molar-refractivity contribution in [1.29, 1.82) is 0 Å². The van der Waals surface area contributed by atoms with Crippen molar-refractivity contribution < 1.29 is 0 Å². The smallest absolute Gasteiger partial charge is 0.0294 e. The largest absolute Gasteiger partial charge is 0.306 e. The molecule has 3 heteroatoms. The van der Waals surface area contributed by atoms with Crippen LogP contribution in [0.4, 0.5) is 0 Å². The molecule has 0 spiro atoms. The van der Waals surface area contributed by atoms with Crippen LogP contribution in [0.15, 0.2) is 29.2 Å². The summed E-state index contributed by atoms with van der Waals surface area (Å²) in [6.07, 6.45) is 6.28. The predicted octanol–water partition coefficient (Wildman–Crippen LogP) is 3.93. The van der Waals surface area contributed by atoms with E-state index in [0.29, 0.717) is 12.1 Å². The fourth-order valence-electron chi connectivity index (χ4n) is 3.00. The zero-order chi connectivity index (χ0) is 14.4. The van der Waals surface area contributed by atoms with E-state index in [-0.39, 0.29) is 0 Å². The molecule has 2 rings (SSSR count). The molecule has 1 aliphatic heterocycles. The molecule has 0 aromatic heterocycles. The number of likely N-dealkylation sites (tertiary alicyclic amines) is 1. The summed E-state index contributed by atoms with van der Waals surface area (Å²) in [6, 6.07) is 9.89.